The fourth-order valence-electron chi connectivity index (χ4n) is 1.44. The molecule has 94 valence electrons. The first-order chi connectivity index (χ1) is 8.75. The molecule has 0 unspecified atom stereocenters. The SMILES string of the molecule is Nc1ccc(CCCOC(=O)n2ccnc2)nc1. The second-order valence-electron chi connectivity index (χ2n) is 3.77. The Morgan fingerprint density at radius 1 is 1.44 bits per heavy atom. The molecule has 2 N–H and O–H groups in total. The number of hydrogen-bond acceptors (Lipinski definition) is 5. The third-order valence-electron chi connectivity index (χ3n) is 2.37. The van der Waals surface area contributed by atoms with E-state index in [4.69, 9.17) is 10.5 Å². The van der Waals surface area contributed by atoms with Crippen molar-refractivity contribution in [2.75, 3.05) is 12.3 Å². The van der Waals surface area contributed by atoms with Gasteiger partial charge in [-0.3, -0.25) is 4.98 Å². The van der Waals surface area contributed by atoms with Crippen LogP contribution in [0.5, 0.6) is 0 Å². The summed E-state index contributed by atoms with van der Waals surface area (Å²) >= 11 is 0. The molecule has 0 aromatic carbocycles. The van der Waals surface area contributed by atoms with E-state index in [0.717, 1.165) is 18.5 Å². The molecule has 2 aromatic heterocycles. The van der Waals surface area contributed by atoms with Gasteiger partial charge in [-0.05, 0) is 25.0 Å². The number of hydrogen-bond donors (Lipinski definition) is 1. The van der Waals surface area contributed by atoms with Gasteiger partial charge in [0.05, 0.1) is 18.5 Å². The van der Waals surface area contributed by atoms with E-state index >= 15 is 0 Å². The molecule has 6 nitrogen and oxygen atoms in total. The topological polar surface area (TPSA) is 83.0 Å². The van der Waals surface area contributed by atoms with Crippen molar-refractivity contribution < 1.29 is 9.53 Å². The molecule has 0 aliphatic rings. The van der Waals surface area contributed by atoms with Gasteiger partial charge in [-0.25, -0.2) is 14.3 Å². The van der Waals surface area contributed by atoms with Crippen molar-refractivity contribution >= 4 is 11.8 Å². The Bertz CT molecular complexity index is 493. The van der Waals surface area contributed by atoms with Crippen molar-refractivity contribution in [2.45, 2.75) is 12.8 Å². The summed E-state index contributed by atoms with van der Waals surface area (Å²) in [5.74, 6) is 0. The summed E-state index contributed by atoms with van der Waals surface area (Å²) in [5, 5.41) is 0. The maximum atomic E-state index is 11.4. The molecule has 0 saturated carbocycles. The summed E-state index contributed by atoms with van der Waals surface area (Å²) in [4.78, 5) is 19.4. The Morgan fingerprint density at radius 2 is 2.33 bits per heavy atom. The van der Waals surface area contributed by atoms with Crippen molar-refractivity contribution in [1.82, 2.24) is 14.5 Å². The summed E-state index contributed by atoms with van der Waals surface area (Å²) in [6.07, 6.45) is 7.15. The number of pyridine rings is 1. The van der Waals surface area contributed by atoms with Crippen molar-refractivity contribution in [3.05, 3.63) is 42.7 Å². The predicted molar refractivity (Wildman–Crippen MR) is 65.9 cm³/mol. The van der Waals surface area contributed by atoms with Gasteiger partial charge in [-0.15, -0.1) is 0 Å². The van der Waals surface area contributed by atoms with Crippen molar-refractivity contribution in [3.63, 3.8) is 0 Å². The smallest absolute Gasteiger partial charge is 0.419 e. The van der Waals surface area contributed by atoms with E-state index < -0.39 is 6.09 Å². The number of nitrogens with two attached hydrogens (primary N) is 1. The normalized spacial score (nSPS) is 10.2. The Labute approximate surface area is 104 Å². The third kappa shape index (κ3) is 3.31. The lowest BCUT2D eigenvalue weighted by molar-refractivity contribution is 0.146. The molecule has 0 radical (unpaired) electrons. The van der Waals surface area contributed by atoms with Crippen LogP contribution in [-0.4, -0.2) is 27.2 Å². The first kappa shape index (κ1) is 12.1. The number of rotatable bonds is 4. The quantitative estimate of drug-likeness (QED) is 0.826. The van der Waals surface area contributed by atoms with Gasteiger partial charge >= 0.3 is 6.09 Å². The van der Waals surface area contributed by atoms with Crippen molar-refractivity contribution in [1.29, 1.82) is 0 Å². The van der Waals surface area contributed by atoms with Crippen LogP contribution in [0.3, 0.4) is 0 Å². The number of carbonyl (C=O) groups excluding carboxylic acids is 1. The maximum Gasteiger partial charge on any atom is 0.419 e. The molecule has 0 saturated heterocycles. The van der Waals surface area contributed by atoms with Crippen molar-refractivity contribution in [2.24, 2.45) is 0 Å². The fourth-order valence-corrected chi connectivity index (χ4v) is 1.44. The largest absolute Gasteiger partial charge is 0.449 e. The fraction of sp³-hybridized carbons (Fsp3) is 0.250. The molecule has 2 aromatic rings. The highest BCUT2D eigenvalue weighted by molar-refractivity contribution is 5.69. The van der Waals surface area contributed by atoms with E-state index in [2.05, 4.69) is 9.97 Å². The van der Waals surface area contributed by atoms with E-state index in [9.17, 15) is 4.79 Å². The predicted octanol–water partition coefficient (Wildman–Crippen LogP) is 1.48. The van der Waals surface area contributed by atoms with Crippen LogP contribution >= 0.6 is 0 Å². The number of nitrogens with zero attached hydrogens (tertiary/aromatic N) is 3. The lowest BCUT2D eigenvalue weighted by Crippen LogP contribution is -2.12. The van der Waals surface area contributed by atoms with E-state index in [1.54, 1.807) is 18.5 Å². The highest BCUT2D eigenvalue weighted by Crippen LogP contribution is 2.04. The molecule has 0 aliphatic carbocycles. The molecule has 0 fully saturated rings. The Hall–Kier alpha value is -2.37. The van der Waals surface area contributed by atoms with Crippen LogP contribution in [0.4, 0.5) is 10.5 Å². The second kappa shape index (κ2) is 5.81. The lowest BCUT2D eigenvalue weighted by atomic mass is 10.2. The van der Waals surface area contributed by atoms with Crippen molar-refractivity contribution in [3.8, 4) is 0 Å². The summed E-state index contributed by atoms with van der Waals surface area (Å²) < 4.78 is 6.36. The van der Waals surface area contributed by atoms with Crippen LogP contribution in [0.15, 0.2) is 37.1 Å². The van der Waals surface area contributed by atoms with E-state index in [0.29, 0.717) is 12.3 Å². The Balaban J connectivity index is 1.70. The zero-order valence-corrected chi connectivity index (χ0v) is 9.82. The molecule has 0 aliphatic heterocycles. The molecule has 2 rings (SSSR count). The monoisotopic (exact) mass is 246 g/mol. The van der Waals surface area contributed by atoms with E-state index in [-0.39, 0.29) is 0 Å². The molecule has 0 spiro atoms. The lowest BCUT2D eigenvalue weighted by Gasteiger charge is -2.04. The molecule has 2 heterocycles. The zero-order valence-electron chi connectivity index (χ0n) is 9.82. The van der Waals surface area contributed by atoms with Crippen LogP contribution in [-0.2, 0) is 11.2 Å². The molecule has 0 amide bonds. The molecule has 6 heteroatoms. The van der Waals surface area contributed by atoms with Crippen LogP contribution in [0.2, 0.25) is 0 Å². The average molecular weight is 246 g/mol. The van der Waals surface area contributed by atoms with Gasteiger partial charge in [0, 0.05) is 18.1 Å². The summed E-state index contributed by atoms with van der Waals surface area (Å²) in [6, 6.07) is 3.67. The number of nitrogen functional groups attached to an aromatic ring is 1. The number of anilines is 1. The maximum absolute atomic E-state index is 11.4. The molecular weight excluding hydrogens is 232 g/mol. The highest BCUT2D eigenvalue weighted by atomic mass is 16.5. The van der Waals surface area contributed by atoms with Gasteiger partial charge in [0.1, 0.15) is 6.33 Å². The highest BCUT2D eigenvalue weighted by Gasteiger charge is 2.04. The Kier molecular flexibility index (Phi) is 3.90. The second-order valence-corrected chi connectivity index (χ2v) is 3.77. The first-order valence-electron chi connectivity index (χ1n) is 5.61. The number of imidazole rings is 1. The van der Waals surface area contributed by atoms with Gasteiger partial charge in [-0.2, -0.15) is 0 Å². The summed E-state index contributed by atoms with van der Waals surface area (Å²) in [6.45, 7) is 0.350. The number of ether oxygens (including phenoxy) is 1. The third-order valence-corrected chi connectivity index (χ3v) is 2.37. The van der Waals surface area contributed by atoms with E-state index in [1.807, 2.05) is 6.07 Å². The van der Waals surface area contributed by atoms with E-state index in [1.165, 1.54) is 17.1 Å². The minimum atomic E-state index is -0.419. The van der Waals surface area contributed by atoms with Crippen LogP contribution < -0.4 is 5.73 Å². The summed E-state index contributed by atoms with van der Waals surface area (Å²) in [5.41, 5.74) is 7.11. The molecule has 0 bridgehead atoms. The first-order valence-corrected chi connectivity index (χ1v) is 5.61. The van der Waals surface area contributed by atoms with Crippen LogP contribution in [0.25, 0.3) is 0 Å². The zero-order chi connectivity index (χ0) is 12.8. The van der Waals surface area contributed by atoms with Gasteiger partial charge in [0.2, 0.25) is 0 Å². The Morgan fingerprint density at radius 3 is 3.00 bits per heavy atom. The standard InChI is InChI=1S/C12H14N4O2/c13-10-3-4-11(15-8-10)2-1-7-18-12(17)16-6-5-14-9-16/h3-6,8-9H,1-2,7,13H2. The van der Waals surface area contributed by atoms with Gasteiger partial charge in [0.25, 0.3) is 0 Å². The molecule has 18 heavy (non-hydrogen) atoms. The number of carbonyl (C=O) groups is 1. The minimum Gasteiger partial charge on any atom is -0.449 e. The number of aromatic nitrogens is 3. The van der Waals surface area contributed by atoms with Crippen LogP contribution in [0, 0.1) is 0 Å². The van der Waals surface area contributed by atoms with Gasteiger partial charge in [0.15, 0.2) is 0 Å². The number of aryl methyl sites for hydroxylation is 1. The minimum absolute atomic E-state index is 0.350. The molecule has 0 atom stereocenters. The van der Waals surface area contributed by atoms with Gasteiger partial charge in [-0.1, -0.05) is 0 Å². The average Bonchev–Trinajstić information content (AvgIpc) is 2.90. The van der Waals surface area contributed by atoms with Gasteiger partial charge < -0.3 is 10.5 Å². The molecular formula is C12H14N4O2. The summed E-state index contributed by atoms with van der Waals surface area (Å²) in [7, 11) is 0. The van der Waals surface area contributed by atoms with Crippen LogP contribution in [0.1, 0.15) is 12.1 Å².